The van der Waals surface area contributed by atoms with Gasteiger partial charge in [0, 0.05) is 11.8 Å². The smallest absolute Gasteiger partial charge is 0.165 e. The van der Waals surface area contributed by atoms with Crippen LogP contribution in [0.5, 0.6) is 0 Å². The van der Waals surface area contributed by atoms with E-state index in [-0.39, 0.29) is 17.1 Å². The Morgan fingerprint density at radius 2 is 1.55 bits per heavy atom. The maximum absolute atomic E-state index is 11.7. The number of aliphatic imine (C=N–C) groups is 1. The summed E-state index contributed by atoms with van der Waals surface area (Å²) in [6.45, 7) is 1.41. The first-order chi connectivity index (χ1) is 9.68. The highest BCUT2D eigenvalue weighted by Crippen LogP contribution is 2.17. The van der Waals surface area contributed by atoms with Crippen LogP contribution in [-0.4, -0.2) is 17.1 Å². The molecule has 3 nitrogen and oxygen atoms in total. The van der Waals surface area contributed by atoms with E-state index in [0.717, 1.165) is 5.69 Å². The summed E-state index contributed by atoms with van der Waals surface area (Å²) in [6.07, 6.45) is 1.40. The van der Waals surface area contributed by atoms with E-state index in [9.17, 15) is 9.90 Å². The van der Waals surface area contributed by atoms with E-state index in [1.807, 2.05) is 36.4 Å². The lowest BCUT2D eigenvalue weighted by molar-refractivity contribution is -0.113. The Bertz CT molecular complexity index is 643. The van der Waals surface area contributed by atoms with E-state index in [2.05, 4.69) is 4.99 Å². The fraction of sp³-hybridized carbons (Fsp3) is 0.0588. The maximum Gasteiger partial charge on any atom is 0.165 e. The number of aliphatic hydroxyl groups is 1. The number of rotatable bonds is 4. The molecule has 2 rings (SSSR count). The lowest BCUT2D eigenvalue weighted by Gasteiger charge is -2.04. The van der Waals surface area contributed by atoms with Crippen molar-refractivity contribution in [2.75, 3.05) is 0 Å². The van der Waals surface area contributed by atoms with Crippen LogP contribution in [0.15, 0.2) is 71.2 Å². The Morgan fingerprint density at radius 3 is 2.10 bits per heavy atom. The van der Waals surface area contributed by atoms with Gasteiger partial charge in [-0.05, 0) is 19.1 Å². The van der Waals surface area contributed by atoms with Crippen molar-refractivity contribution in [1.82, 2.24) is 0 Å². The van der Waals surface area contributed by atoms with Crippen molar-refractivity contribution in [3.8, 4) is 0 Å². The Balaban J connectivity index is 2.37. The standard InChI is InChI=1S/C17H15NO2/c1-13(19)16(12-18-15-10-6-3-7-11-15)17(20)14-8-4-2-5-9-14/h2-12,20H,1H3/b17-16+,18-12?. The van der Waals surface area contributed by atoms with Gasteiger partial charge in [-0.25, -0.2) is 0 Å². The molecule has 20 heavy (non-hydrogen) atoms. The molecule has 0 radical (unpaired) electrons. The zero-order valence-electron chi connectivity index (χ0n) is 11.2. The van der Waals surface area contributed by atoms with Crippen molar-refractivity contribution >= 4 is 23.4 Å². The van der Waals surface area contributed by atoms with Gasteiger partial charge in [0.15, 0.2) is 5.78 Å². The molecular weight excluding hydrogens is 250 g/mol. The predicted molar refractivity (Wildman–Crippen MR) is 81.3 cm³/mol. The van der Waals surface area contributed by atoms with Crippen LogP contribution in [0.3, 0.4) is 0 Å². The lowest BCUT2D eigenvalue weighted by atomic mass is 10.1. The zero-order chi connectivity index (χ0) is 14.4. The molecule has 0 aliphatic heterocycles. The third-order valence-electron chi connectivity index (χ3n) is 2.78. The topological polar surface area (TPSA) is 49.7 Å². The second kappa shape index (κ2) is 6.48. The van der Waals surface area contributed by atoms with E-state index in [1.165, 1.54) is 13.1 Å². The fourth-order valence-corrected chi connectivity index (χ4v) is 1.72. The van der Waals surface area contributed by atoms with Gasteiger partial charge in [-0.15, -0.1) is 0 Å². The third kappa shape index (κ3) is 3.42. The van der Waals surface area contributed by atoms with Gasteiger partial charge in [-0.3, -0.25) is 9.79 Å². The number of para-hydroxylation sites is 1. The normalized spacial score (nSPS) is 12.2. The molecule has 0 aliphatic rings. The monoisotopic (exact) mass is 265 g/mol. The van der Waals surface area contributed by atoms with Gasteiger partial charge < -0.3 is 5.11 Å². The number of benzene rings is 2. The Kier molecular flexibility index (Phi) is 4.45. The quantitative estimate of drug-likeness (QED) is 0.517. The van der Waals surface area contributed by atoms with Crippen molar-refractivity contribution in [2.45, 2.75) is 6.92 Å². The number of aliphatic hydroxyl groups excluding tert-OH is 1. The molecule has 0 amide bonds. The molecule has 0 unspecified atom stereocenters. The maximum atomic E-state index is 11.7. The number of Topliss-reactive ketones (excluding diaryl/α,β-unsaturated/α-hetero) is 1. The number of allylic oxidation sites excluding steroid dienone is 1. The van der Waals surface area contributed by atoms with Crippen molar-refractivity contribution < 1.29 is 9.90 Å². The Labute approximate surface area is 117 Å². The molecule has 0 saturated carbocycles. The molecule has 100 valence electrons. The highest BCUT2D eigenvalue weighted by molar-refractivity contribution is 6.17. The van der Waals surface area contributed by atoms with Crippen molar-refractivity contribution in [2.24, 2.45) is 4.99 Å². The molecule has 0 spiro atoms. The van der Waals surface area contributed by atoms with Gasteiger partial charge >= 0.3 is 0 Å². The molecule has 2 aromatic rings. The van der Waals surface area contributed by atoms with Crippen molar-refractivity contribution in [1.29, 1.82) is 0 Å². The molecule has 0 atom stereocenters. The van der Waals surface area contributed by atoms with Crippen LogP contribution in [0.4, 0.5) is 5.69 Å². The SMILES string of the molecule is CC(=O)/C(C=Nc1ccccc1)=C(/O)c1ccccc1. The predicted octanol–water partition coefficient (Wildman–Crippen LogP) is 3.95. The molecule has 2 aromatic carbocycles. The van der Waals surface area contributed by atoms with Gasteiger partial charge in [-0.2, -0.15) is 0 Å². The summed E-state index contributed by atoms with van der Waals surface area (Å²) in [4.78, 5) is 15.9. The summed E-state index contributed by atoms with van der Waals surface area (Å²) in [6, 6.07) is 18.2. The minimum absolute atomic E-state index is 0.0576. The molecule has 0 heterocycles. The highest BCUT2D eigenvalue weighted by atomic mass is 16.3. The van der Waals surface area contributed by atoms with E-state index in [4.69, 9.17) is 0 Å². The average Bonchev–Trinajstić information content (AvgIpc) is 2.49. The summed E-state index contributed by atoms with van der Waals surface area (Å²) in [5.41, 5.74) is 1.52. The molecule has 0 bridgehead atoms. The van der Waals surface area contributed by atoms with Crippen molar-refractivity contribution in [3.63, 3.8) is 0 Å². The van der Waals surface area contributed by atoms with E-state index < -0.39 is 0 Å². The highest BCUT2D eigenvalue weighted by Gasteiger charge is 2.10. The molecule has 0 fully saturated rings. The van der Waals surface area contributed by atoms with Crippen LogP contribution >= 0.6 is 0 Å². The van der Waals surface area contributed by atoms with Crippen LogP contribution in [-0.2, 0) is 4.79 Å². The van der Waals surface area contributed by atoms with Gasteiger partial charge in [0.25, 0.3) is 0 Å². The number of nitrogens with zero attached hydrogens (tertiary/aromatic N) is 1. The summed E-state index contributed by atoms with van der Waals surface area (Å²) in [5.74, 6) is -0.288. The summed E-state index contributed by atoms with van der Waals surface area (Å²) in [5, 5.41) is 10.2. The van der Waals surface area contributed by atoms with Crippen LogP contribution in [0.1, 0.15) is 12.5 Å². The van der Waals surface area contributed by atoms with Crippen molar-refractivity contribution in [3.05, 3.63) is 71.8 Å². The molecule has 0 saturated heterocycles. The number of hydrogen-bond donors (Lipinski definition) is 1. The van der Waals surface area contributed by atoms with Gasteiger partial charge in [0.1, 0.15) is 5.76 Å². The van der Waals surface area contributed by atoms with Crippen LogP contribution in [0.25, 0.3) is 5.76 Å². The van der Waals surface area contributed by atoms with E-state index in [1.54, 1.807) is 24.3 Å². The minimum atomic E-state index is -0.231. The summed E-state index contributed by atoms with van der Waals surface area (Å²) in [7, 11) is 0. The van der Waals surface area contributed by atoms with Gasteiger partial charge in [0.05, 0.1) is 11.3 Å². The largest absolute Gasteiger partial charge is 0.507 e. The molecule has 0 aliphatic carbocycles. The van der Waals surface area contributed by atoms with E-state index in [0.29, 0.717) is 5.56 Å². The number of carbonyl (C=O) groups is 1. The first-order valence-corrected chi connectivity index (χ1v) is 6.27. The average molecular weight is 265 g/mol. The number of ketones is 1. The van der Waals surface area contributed by atoms with Gasteiger partial charge in [0.2, 0.25) is 0 Å². The minimum Gasteiger partial charge on any atom is -0.507 e. The molecule has 1 N–H and O–H groups in total. The fourth-order valence-electron chi connectivity index (χ4n) is 1.72. The van der Waals surface area contributed by atoms with Crippen LogP contribution < -0.4 is 0 Å². The van der Waals surface area contributed by atoms with E-state index >= 15 is 0 Å². The van der Waals surface area contributed by atoms with Crippen LogP contribution in [0.2, 0.25) is 0 Å². The third-order valence-corrected chi connectivity index (χ3v) is 2.78. The Hall–Kier alpha value is -2.68. The summed E-state index contributed by atoms with van der Waals surface area (Å²) < 4.78 is 0. The summed E-state index contributed by atoms with van der Waals surface area (Å²) >= 11 is 0. The lowest BCUT2D eigenvalue weighted by Crippen LogP contribution is -2.02. The number of hydrogen-bond acceptors (Lipinski definition) is 3. The first-order valence-electron chi connectivity index (χ1n) is 6.27. The Morgan fingerprint density at radius 1 is 1.00 bits per heavy atom. The second-order valence-electron chi connectivity index (χ2n) is 4.28. The first kappa shape index (κ1) is 13.7. The molecule has 0 aromatic heterocycles. The second-order valence-corrected chi connectivity index (χ2v) is 4.28. The zero-order valence-corrected chi connectivity index (χ0v) is 11.2. The van der Waals surface area contributed by atoms with Crippen LogP contribution in [0, 0.1) is 0 Å². The molecular formula is C17H15NO2. The van der Waals surface area contributed by atoms with Gasteiger partial charge in [-0.1, -0.05) is 48.5 Å². The molecule has 3 heteroatoms. The number of carbonyl (C=O) groups excluding carboxylic acids is 1.